The van der Waals surface area contributed by atoms with Crippen LogP contribution in [-0.4, -0.2) is 22.6 Å². The summed E-state index contributed by atoms with van der Waals surface area (Å²) in [6.07, 6.45) is 13.2. The molecule has 228 valence electrons. The van der Waals surface area contributed by atoms with Crippen molar-refractivity contribution < 1.29 is 4.79 Å². The van der Waals surface area contributed by atoms with Crippen LogP contribution < -0.4 is 11.1 Å². The third kappa shape index (κ3) is 7.48. The summed E-state index contributed by atoms with van der Waals surface area (Å²) in [4.78, 5) is 13.7. The number of hydrogen-bond donors (Lipinski definition) is 2. The Hall–Kier alpha value is -2.79. The molecule has 1 atom stereocenters. The van der Waals surface area contributed by atoms with Gasteiger partial charge in [-0.15, -0.1) is 12.4 Å². The van der Waals surface area contributed by atoms with Crippen molar-refractivity contribution in [2.24, 2.45) is 11.7 Å². The molecule has 4 nitrogen and oxygen atoms in total. The lowest BCUT2D eigenvalue weighted by atomic mass is 9.86. The fraction of sp³-hybridized carbons (Fsp3) is 0.432. The van der Waals surface area contributed by atoms with Gasteiger partial charge in [-0.2, -0.15) is 0 Å². The molecular weight excluding hydrogens is 573 g/mol. The minimum Gasteiger partial charge on any atom is -0.353 e. The van der Waals surface area contributed by atoms with Gasteiger partial charge in [0.05, 0.1) is 0 Å². The van der Waals surface area contributed by atoms with Crippen LogP contribution in [0, 0.1) is 12.8 Å². The number of aryl methyl sites for hydroxylation is 1. The Balaban J connectivity index is 0.00000368. The van der Waals surface area contributed by atoms with E-state index in [0.717, 1.165) is 48.4 Å². The van der Waals surface area contributed by atoms with Gasteiger partial charge < -0.3 is 15.6 Å². The van der Waals surface area contributed by atoms with Gasteiger partial charge in [0, 0.05) is 58.7 Å². The number of carbonyl (C=O) groups excluding carboxylic acids is 1. The minimum atomic E-state index is -0.0488. The number of halogens is 2. The number of nitrogens with one attached hydrogen (secondary N) is 1. The summed E-state index contributed by atoms with van der Waals surface area (Å²) in [6, 6.07) is 24.0. The van der Waals surface area contributed by atoms with Gasteiger partial charge in [0.25, 0.3) is 0 Å². The number of nitrogens with two attached hydrogens (primary N) is 1. The Morgan fingerprint density at radius 3 is 2.47 bits per heavy atom. The van der Waals surface area contributed by atoms with E-state index in [9.17, 15) is 4.79 Å². The van der Waals surface area contributed by atoms with Crippen molar-refractivity contribution in [1.82, 2.24) is 9.88 Å². The molecule has 0 radical (unpaired) electrons. The second kappa shape index (κ2) is 14.3. The molecule has 1 unspecified atom stereocenters. The van der Waals surface area contributed by atoms with Crippen molar-refractivity contribution in [2.45, 2.75) is 95.7 Å². The number of nitrogens with zero attached hydrogens (tertiary/aromatic N) is 1. The summed E-state index contributed by atoms with van der Waals surface area (Å²) in [7, 11) is 0. The Bertz CT molecular complexity index is 1530. The molecule has 1 amide bonds. The monoisotopic (exact) mass is 617 g/mol. The van der Waals surface area contributed by atoms with E-state index in [-0.39, 0.29) is 36.3 Å². The summed E-state index contributed by atoms with van der Waals surface area (Å²) in [6.45, 7) is 3.16. The minimum absolute atomic E-state index is 0. The molecule has 43 heavy (non-hydrogen) atoms. The van der Waals surface area contributed by atoms with Crippen LogP contribution in [0.5, 0.6) is 0 Å². The highest BCUT2D eigenvalue weighted by Gasteiger charge is 2.27. The Labute approximate surface area is 267 Å². The van der Waals surface area contributed by atoms with Crippen LogP contribution in [0.3, 0.4) is 0 Å². The maximum atomic E-state index is 13.7. The number of aromatic nitrogens is 1. The van der Waals surface area contributed by atoms with Crippen molar-refractivity contribution in [2.75, 3.05) is 0 Å². The molecule has 2 fully saturated rings. The topological polar surface area (TPSA) is 60.1 Å². The molecule has 0 spiro atoms. The molecule has 6 heteroatoms. The molecule has 2 aliphatic rings. The van der Waals surface area contributed by atoms with Gasteiger partial charge in [0.1, 0.15) is 0 Å². The highest BCUT2D eigenvalue weighted by Crippen LogP contribution is 2.39. The summed E-state index contributed by atoms with van der Waals surface area (Å²) in [5, 5.41) is 5.34. The summed E-state index contributed by atoms with van der Waals surface area (Å²) in [5.74, 6) is 0.772. The highest BCUT2D eigenvalue weighted by atomic mass is 35.5. The van der Waals surface area contributed by atoms with Gasteiger partial charge >= 0.3 is 0 Å². The number of hydrogen-bond acceptors (Lipinski definition) is 2. The fourth-order valence-corrected chi connectivity index (χ4v) is 7.54. The first-order valence-electron chi connectivity index (χ1n) is 15.9. The van der Waals surface area contributed by atoms with E-state index in [4.69, 9.17) is 17.3 Å². The van der Waals surface area contributed by atoms with Crippen LogP contribution in [-0.2, 0) is 11.3 Å². The van der Waals surface area contributed by atoms with E-state index in [0.29, 0.717) is 12.3 Å². The number of benzene rings is 3. The van der Waals surface area contributed by atoms with Gasteiger partial charge in [0.15, 0.2) is 0 Å². The van der Waals surface area contributed by atoms with Crippen LogP contribution in [0.1, 0.15) is 86.8 Å². The zero-order valence-electron chi connectivity index (χ0n) is 25.2. The van der Waals surface area contributed by atoms with Crippen molar-refractivity contribution >= 4 is 40.8 Å². The molecule has 3 N–H and O–H groups in total. The number of carbonyl (C=O) groups is 1. The van der Waals surface area contributed by atoms with Crippen LogP contribution in [0.25, 0.3) is 22.0 Å². The first-order valence-corrected chi connectivity index (χ1v) is 16.3. The van der Waals surface area contributed by atoms with E-state index in [1.807, 2.05) is 18.2 Å². The molecule has 2 saturated carbocycles. The average molecular weight is 619 g/mol. The van der Waals surface area contributed by atoms with Gasteiger partial charge in [-0.3, -0.25) is 4.79 Å². The molecule has 2 aliphatic carbocycles. The average Bonchev–Trinajstić information content (AvgIpc) is 3.35. The molecule has 1 heterocycles. The lowest BCUT2D eigenvalue weighted by Gasteiger charge is -2.27. The summed E-state index contributed by atoms with van der Waals surface area (Å²) >= 11 is 6.66. The van der Waals surface area contributed by atoms with Gasteiger partial charge in [0.2, 0.25) is 5.91 Å². The molecule has 0 bridgehead atoms. The predicted molar refractivity (Wildman–Crippen MR) is 182 cm³/mol. The van der Waals surface area contributed by atoms with Crippen molar-refractivity contribution in [3.63, 3.8) is 0 Å². The zero-order chi connectivity index (χ0) is 29.1. The highest BCUT2D eigenvalue weighted by molar-refractivity contribution is 6.33. The largest absolute Gasteiger partial charge is 0.353 e. The van der Waals surface area contributed by atoms with Gasteiger partial charge in [-0.05, 0) is 86.3 Å². The lowest BCUT2D eigenvalue weighted by molar-refractivity contribution is -0.122. The number of rotatable bonds is 8. The van der Waals surface area contributed by atoms with E-state index in [1.54, 1.807) is 0 Å². The smallest absolute Gasteiger partial charge is 0.221 e. The lowest BCUT2D eigenvalue weighted by Crippen LogP contribution is -2.40. The van der Waals surface area contributed by atoms with Gasteiger partial charge in [-0.25, -0.2) is 0 Å². The normalized spacial score (nSPS) is 20.0. The summed E-state index contributed by atoms with van der Waals surface area (Å²) in [5.41, 5.74) is 13.1. The van der Waals surface area contributed by atoms with Crippen LogP contribution in [0.4, 0.5) is 0 Å². The second-order valence-corrected chi connectivity index (χ2v) is 13.2. The van der Waals surface area contributed by atoms with Crippen LogP contribution in [0.15, 0.2) is 72.9 Å². The molecule has 1 aromatic heterocycles. The Kier molecular flexibility index (Phi) is 10.5. The molecular formula is C37H45Cl2N3O. The molecule has 6 rings (SSSR count). The maximum absolute atomic E-state index is 13.7. The molecule has 0 aliphatic heterocycles. The fourth-order valence-electron chi connectivity index (χ4n) is 7.29. The molecule has 4 aromatic rings. The third-order valence-corrected chi connectivity index (χ3v) is 9.95. The number of fused-ring (bicyclic) bond motifs is 1. The summed E-state index contributed by atoms with van der Waals surface area (Å²) < 4.78 is 2.47. The number of amides is 1. The van der Waals surface area contributed by atoms with Gasteiger partial charge in [-0.1, -0.05) is 85.0 Å². The van der Waals surface area contributed by atoms with Crippen molar-refractivity contribution in [3.05, 3.63) is 94.6 Å². The zero-order valence-corrected chi connectivity index (χ0v) is 26.8. The second-order valence-electron chi connectivity index (χ2n) is 12.8. The third-order valence-electron chi connectivity index (χ3n) is 9.62. The Morgan fingerprint density at radius 1 is 0.953 bits per heavy atom. The molecule has 3 aromatic carbocycles. The first-order chi connectivity index (χ1) is 20.4. The standard InChI is InChI=1S/C37H44ClN3O.ClH/c1-25-8-7-11-27(20-25)32(22-37(42)40-30-17-15-29(39)16-18-30)34-24-41(23-26-9-3-2-4-10-26)36-19-14-28(21-33(34)36)31-12-5-6-13-35(31)38;/h5-8,11-14,19-21,24,26,29-30,32H,2-4,9-10,15-18,22-23,39H2,1H3,(H,40,42);1H. The van der Waals surface area contributed by atoms with E-state index < -0.39 is 0 Å². The van der Waals surface area contributed by atoms with E-state index in [2.05, 4.69) is 71.5 Å². The first kappa shape index (κ1) is 31.6. The SMILES string of the molecule is Cc1cccc(C(CC(=O)NC2CCC(N)CC2)c2cn(CC3CCCCC3)c3ccc(-c4ccccc4Cl)cc23)c1.Cl. The van der Waals surface area contributed by atoms with E-state index >= 15 is 0 Å². The quantitative estimate of drug-likeness (QED) is 0.207. The van der Waals surface area contributed by atoms with Crippen molar-refractivity contribution in [1.29, 1.82) is 0 Å². The molecule has 0 saturated heterocycles. The van der Waals surface area contributed by atoms with Crippen LogP contribution >= 0.6 is 24.0 Å². The maximum Gasteiger partial charge on any atom is 0.221 e. The Morgan fingerprint density at radius 2 is 1.72 bits per heavy atom. The van der Waals surface area contributed by atoms with E-state index in [1.165, 1.54) is 59.7 Å². The van der Waals surface area contributed by atoms with Crippen LogP contribution in [0.2, 0.25) is 5.02 Å². The van der Waals surface area contributed by atoms with Crippen molar-refractivity contribution in [3.8, 4) is 11.1 Å². The predicted octanol–water partition coefficient (Wildman–Crippen LogP) is 9.18.